The molecule has 17 heavy (non-hydrogen) atoms. The van der Waals surface area contributed by atoms with Crippen molar-refractivity contribution in [2.45, 2.75) is 11.0 Å². The van der Waals surface area contributed by atoms with Crippen molar-refractivity contribution in [1.29, 1.82) is 0 Å². The number of nitrogens with two attached hydrogens (primary N) is 1. The molecule has 2 N–H and O–H groups in total. The zero-order valence-electron chi connectivity index (χ0n) is 10.1. The van der Waals surface area contributed by atoms with E-state index in [0.717, 1.165) is 31.3 Å². The summed E-state index contributed by atoms with van der Waals surface area (Å²) in [6.07, 6.45) is 0. The van der Waals surface area contributed by atoms with Gasteiger partial charge in [0.25, 0.3) is 0 Å². The van der Waals surface area contributed by atoms with Crippen LogP contribution in [0.4, 0.5) is 0 Å². The fraction of sp³-hybridized carbons (Fsp3) is 0.538. The van der Waals surface area contributed by atoms with Gasteiger partial charge in [0.2, 0.25) is 0 Å². The lowest BCUT2D eigenvalue weighted by Gasteiger charge is -2.15. The molecule has 2 unspecified atom stereocenters. The Balaban J connectivity index is 1.84. The summed E-state index contributed by atoms with van der Waals surface area (Å²) in [4.78, 5) is 0. The average Bonchev–Trinajstić information content (AvgIpc) is 2.84. The molecule has 1 saturated heterocycles. The lowest BCUT2D eigenvalue weighted by molar-refractivity contribution is 0.187. The molecule has 0 aliphatic carbocycles. The lowest BCUT2D eigenvalue weighted by Crippen LogP contribution is -2.23. The van der Waals surface area contributed by atoms with Gasteiger partial charge in [0.15, 0.2) is 0 Å². The predicted octanol–water partition coefficient (Wildman–Crippen LogP) is 1.90. The summed E-state index contributed by atoms with van der Waals surface area (Å²) in [5, 5.41) is 0.544. The van der Waals surface area contributed by atoms with E-state index in [1.807, 2.05) is 23.9 Å². The van der Waals surface area contributed by atoms with Gasteiger partial charge in [0.1, 0.15) is 5.75 Å². The van der Waals surface area contributed by atoms with Crippen molar-refractivity contribution < 1.29 is 9.47 Å². The highest BCUT2D eigenvalue weighted by Crippen LogP contribution is 2.28. The first-order valence-corrected chi connectivity index (χ1v) is 6.90. The van der Waals surface area contributed by atoms with Crippen molar-refractivity contribution in [3.8, 4) is 5.75 Å². The lowest BCUT2D eigenvalue weighted by atomic mass is 10.1. The maximum atomic E-state index is 5.72. The molecular weight excluding hydrogens is 234 g/mol. The van der Waals surface area contributed by atoms with Gasteiger partial charge >= 0.3 is 0 Å². The normalized spacial score (nSPS) is 23.9. The molecule has 0 spiro atoms. The zero-order valence-corrected chi connectivity index (χ0v) is 10.9. The first kappa shape index (κ1) is 12.7. The van der Waals surface area contributed by atoms with Gasteiger partial charge in [-0.15, -0.1) is 0 Å². The highest BCUT2D eigenvalue weighted by atomic mass is 32.2. The first-order chi connectivity index (χ1) is 8.33. The molecule has 4 heteroatoms. The topological polar surface area (TPSA) is 44.5 Å². The van der Waals surface area contributed by atoms with E-state index < -0.39 is 0 Å². The second kappa shape index (κ2) is 6.28. The van der Waals surface area contributed by atoms with E-state index in [0.29, 0.717) is 11.2 Å². The maximum Gasteiger partial charge on any atom is 0.118 e. The van der Waals surface area contributed by atoms with E-state index in [2.05, 4.69) is 12.1 Å². The van der Waals surface area contributed by atoms with Gasteiger partial charge in [-0.2, -0.15) is 11.8 Å². The Morgan fingerprint density at radius 3 is 2.76 bits per heavy atom. The average molecular weight is 253 g/mol. The van der Waals surface area contributed by atoms with Gasteiger partial charge in [-0.3, -0.25) is 0 Å². The van der Waals surface area contributed by atoms with Crippen molar-refractivity contribution in [2.24, 2.45) is 11.7 Å². The molecule has 0 aromatic heterocycles. The number of thioether (sulfide) groups is 1. The van der Waals surface area contributed by atoms with Crippen molar-refractivity contribution in [1.82, 2.24) is 0 Å². The number of rotatable bonds is 5. The monoisotopic (exact) mass is 253 g/mol. The molecule has 3 nitrogen and oxygen atoms in total. The van der Waals surface area contributed by atoms with Crippen LogP contribution in [0.25, 0.3) is 0 Å². The molecule has 0 amide bonds. The van der Waals surface area contributed by atoms with Gasteiger partial charge in [-0.1, -0.05) is 12.1 Å². The van der Waals surface area contributed by atoms with Gasteiger partial charge in [0.05, 0.1) is 20.3 Å². The number of ether oxygens (including phenoxy) is 2. The third kappa shape index (κ3) is 3.37. The fourth-order valence-corrected chi connectivity index (χ4v) is 3.16. The van der Waals surface area contributed by atoms with Gasteiger partial charge < -0.3 is 15.2 Å². The van der Waals surface area contributed by atoms with E-state index in [1.54, 1.807) is 7.11 Å². The van der Waals surface area contributed by atoms with E-state index in [4.69, 9.17) is 15.2 Å². The summed E-state index contributed by atoms with van der Waals surface area (Å²) in [6, 6.07) is 8.22. The Labute approximate surface area is 107 Å². The number of hydrogen-bond acceptors (Lipinski definition) is 4. The van der Waals surface area contributed by atoms with Crippen LogP contribution in [0, 0.1) is 5.92 Å². The zero-order chi connectivity index (χ0) is 12.1. The molecule has 0 radical (unpaired) electrons. The summed E-state index contributed by atoms with van der Waals surface area (Å²) in [5.41, 5.74) is 7.04. The second-order valence-corrected chi connectivity index (χ2v) is 5.46. The number of methoxy groups -OCH3 is 1. The minimum absolute atomic E-state index is 0.512. The molecule has 1 aromatic carbocycles. The summed E-state index contributed by atoms with van der Waals surface area (Å²) in [6.45, 7) is 2.37. The Kier molecular flexibility index (Phi) is 4.71. The van der Waals surface area contributed by atoms with Gasteiger partial charge in [-0.25, -0.2) is 0 Å². The van der Waals surface area contributed by atoms with Crippen LogP contribution in [0.1, 0.15) is 5.56 Å². The molecule has 1 heterocycles. The summed E-state index contributed by atoms with van der Waals surface area (Å²) < 4.78 is 10.6. The van der Waals surface area contributed by atoms with Crippen molar-refractivity contribution >= 4 is 11.8 Å². The Morgan fingerprint density at radius 2 is 2.12 bits per heavy atom. The van der Waals surface area contributed by atoms with E-state index in [1.165, 1.54) is 5.56 Å². The van der Waals surface area contributed by atoms with Crippen LogP contribution < -0.4 is 10.5 Å². The fourth-order valence-electron chi connectivity index (χ4n) is 1.91. The molecule has 94 valence electrons. The molecule has 2 rings (SSSR count). The molecular formula is C13H19NO2S. The summed E-state index contributed by atoms with van der Waals surface area (Å²) >= 11 is 1.94. The van der Waals surface area contributed by atoms with Crippen LogP contribution in [-0.2, 0) is 10.5 Å². The van der Waals surface area contributed by atoms with Crippen LogP contribution in [-0.4, -0.2) is 32.1 Å². The summed E-state index contributed by atoms with van der Waals surface area (Å²) in [7, 11) is 1.69. The number of benzene rings is 1. The molecule has 1 fully saturated rings. The van der Waals surface area contributed by atoms with Crippen molar-refractivity contribution in [3.05, 3.63) is 29.8 Å². The smallest absolute Gasteiger partial charge is 0.118 e. The minimum Gasteiger partial charge on any atom is -0.497 e. The standard InChI is InChI=1S/C13H19NO2S/c1-15-12-4-2-10(3-5-12)9-17-13-8-16-7-11(13)6-14/h2-5,11,13H,6-9,14H2,1H3. The van der Waals surface area contributed by atoms with E-state index >= 15 is 0 Å². The second-order valence-electron chi connectivity index (χ2n) is 4.23. The molecule has 0 bridgehead atoms. The van der Waals surface area contributed by atoms with Crippen molar-refractivity contribution in [2.75, 3.05) is 26.9 Å². The molecule has 1 aliphatic rings. The molecule has 2 atom stereocenters. The summed E-state index contributed by atoms with van der Waals surface area (Å²) in [5.74, 6) is 2.43. The maximum absolute atomic E-state index is 5.72. The Bertz CT molecular complexity index is 342. The van der Waals surface area contributed by atoms with Crippen LogP contribution in [0.15, 0.2) is 24.3 Å². The van der Waals surface area contributed by atoms with Crippen LogP contribution in [0.3, 0.4) is 0 Å². The Hall–Kier alpha value is -0.710. The number of hydrogen-bond donors (Lipinski definition) is 1. The first-order valence-electron chi connectivity index (χ1n) is 5.86. The molecule has 1 aromatic rings. The van der Waals surface area contributed by atoms with E-state index in [9.17, 15) is 0 Å². The van der Waals surface area contributed by atoms with Crippen LogP contribution in [0.2, 0.25) is 0 Å². The van der Waals surface area contributed by atoms with Gasteiger partial charge in [-0.05, 0) is 24.2 Å². The highest BCUT2D eigenvalue weighted by Gasteiger charge is 2.27. The minimum atomic E-state index is 0.512. The highest BCUT2D eigenvalue weighted by molar-refractivity contribution is 7.99. The SMILES string of the molecule is COc1ccc(CSC2COCC2CN)cc1. The molecule has 0 saturated carbocycles. The van der Waals surface area contributed by atoms with Gasteiger partial charge in [0, 0.05) is 16.9 Å². The van der Waals surface area contributed by atoms with Crippen molar-refractivity contribution in [3.63, 3.8) is 0 Å². The quantitative estimate of drug-likeness (QED) is 0.870. The Morgan fingerprint density at radius 1 is 1.35 bits per heavy atom. The molecule has 1 aliphatic heterocycles. The third-order valence-electron chi connectivity index (χ3n) is 3.07. The van der Waals surface area contributed by atoms with E-state index in [-0.39, 0.29) is 0 Å². The van der Waals surface area contributed by atoms with Crippen LogP contribution >= 0.6 is 11.8 Å². The third-order valence-corrected chi connectivity index (χ3v) is 4.51. The predicted molar refractivity (Wildman–Crippen MR) is 71.4 cm³/mol. The van der Waals surface area contributed by atoms with Crippen LogP contribution in [0.5, 0.6) is 5.75 Å². The largest absolute Gasteiger partial charge is 0.497 e.